The third kappa shape index (κ3) is 3.62. The minimum Gasteiger partial charge on any atom is -0.385 e. The highest BCUT2D eigenvalue weighted by atomic mass is 16.3. The zero-order chi connectivity index (χ0) is 16.7. The second-order valence-corrected chi connectivity index (χ2v) is 4.00. The summed E-state index contributed by atoms with van der Waals surface area (Å²) in [7, 11) is 0. The number of hydrogen-bond acceptors (Lipinski definition) is 8. The van der Waals surface area contributed by atoms with Crippen molar-refractivity contribution in [2.75, 3.05) is 6.54 Å². The van der Waals surface area contributed by atoms with E-state index in [0.29, 0.717) is 0 Å². The van der Waals surface area contributed by atoms with Crippen molar-refractivity contribution in [3.63, 3.8) is 0 Å². The van der Waals surface area contributed by atoms with Gasteiger partial charge in [-0.2, -0.15) is 0 Å². The molecule has 116 valence electrons. The van der Waals surface area contributed by atoms with E-state index in [0.717, 1.165) is 6.08 Å². The van der Waals surface area contributed by atoms with Crippen LogP contribution in [-0.4, -0.2) is 30.4 Å². The van der Waals surface area contributed by atoms with Crippen molar-refractivity contribution in [1.82, 2.24) is 5.32 Å². The number of nitrogens with zero attached hydrogens (tertiary/aromatic N) is 6. The van der Waals surface area contributed by atoms with Gasteiger partial charge in [-0.1, -0.05) is 15.5 Å². The van der Waals surface area contributed by atoms with E-state index in [4.69, 9.17) is 22.8 Å². The highest BCUT2D eigenvalue weighted by Crippen LogP contribution is 2.22. The maximum absolute atomic E-state index is 11.6. The van der Waals surface area contributed by atoms with Crippen LogP contribution in [0, 0.1) is 4.91 Å². The van der Waals surface area contributed by atoms with Gasteiger partial charge in [-0.05, 0) is 11.6 Å². The quantitative estimate of drug-likeness (QED) is 0.121. The Morgan fingerprint density at radius 3 is 2.73 bits per heavy atom. The molecule has 1 heterocycles. The number of azide groups is 1. The van der Waals surface area contributed by atoms with Crippen LogP contribution in [0.25, 0.3) is 10.4 Å². The summed E-state index contributed by atoms with van der Waals surface area (Å²) in [6.45, 7) is -0.223. The molecule has 0 aromatic rings. The van der Waals surface area contributed by atoms with E-state index < -0.39 is 23.9 Å². The van der Waals surface area contributed by atoms with Gasteiger partial charge in [0.25, 0.3) is 5.91 Å². The smallest absolute Gasteiger partial charge is 0.317 e. The predicted octanol–water partition coefficient (Wildman–Crippen LogP) is -1.16. The predicted molar refractivity (Wildman–Crippen MR) is 73.1 cm³/mol. The van der Waals surface area contributed by atoms with Gasteiger partial charge >= 0.3 is 5.91 Å². The van der Waals surface area contributed by atoms with Crippen LogP contribution in [-0.2, 0) is 9.59 Å². The van der Waals surface area contributed by atoms with E-state index in [1.165, 1.54) is 0 Å². The fraction of sp³-hybridized carbons (Fsp3) is 0.333. The van der Waals surface area contributed by atoms with E-state index in [1.807, 2.05) is 0 Å². The first-order chi connectivity index (χ1) is 10.5. The van der Waals surface area contributed by atoms with Crippen molar-refractivity contribution in [3.05, 3.63) is 38.4 Å². The minimum absolute atomic E-state index is 0.00531. The molecular weight excluding hydrogens is 296 g/mol. The van der Waals surface area contributed by atoms with Crippen molar-refractivity contribution in [3.8, 4) is 0 Å². The second-order valence-electron chi connectivity index (χ2n) is 4.00. The van der Waals surface area contributed by atoms with E-state index in [1.54, 1.807) is 0 Å². The van der Waals surface area contributed by atoms with Gasteiger partial charge < -0.3 is 22.6 Å². The Hall–Kier alpha value is -3.31. The summed E-state index contributed by atoms with van der Waals surface area (Å²) < 4.78 is 0. The number of dihydropyridines is 1. The van der Waals surface area contributed by atoms with Gasteiger partial charge in [0.15, 0.2) is 0 Å². The first-order valence-electron chi connectivity index (χ1n) is 5.73. The van der Waals surface area contributed by atoms with Gasteiger partial charge in [0, 0.05) is 28.2 Å². The highest BCUT2D eigenvalue weighted by Gasteiger charge is 2.31. The van der Waals surface area contributed by atoms with Gasteiger partial charge in [0.2, 0.25) is 0 Å². The first-order valence-corrected chi connectivity index (χ1v) is 5.73. The van der Waals surface area contributed by atoms with Gasteiger partial charge in [0.05, 0.1) is 5.57 Å². The molecule has 2 atom stereocenters. The average Bonchev–Trinajstić information content (AvgIpc) is 2.51. The molecule has 0 aromatic carbocycles. The van der Waals surface area contributed by atoms with Crippen LogP contribution in [0.15, 0.2) is 43.7 Å². The Balaban J connectivity index is 3.25. The molecule has 2 amide bonds. The number of carbonyl (C=O) groups excluding carboxylic acids is 2. The van der Waals surface area contributed by atoms with Crippen molar-refractivity contribution in [1.29, 1.82) is 0 Å². The van der Waals surface area contributed by atoms with Gasteiger partial charge in [-0.3, -0.25) is 9.59 Å². The van der Waals surface area contributed by atoms with E-state index >= 15 is 0 Å². The fourth-order valence-electron chi connectivity index (χ4n) is 1.79. The molecule has 0 saturated heterocycles. The molecule has 0 aromatic heterocycles. The molecule has 0 aliphatic carbocycles. The lowest BCUT2D eigenvalue weighted by Crippen LogP contribution is -2.44. The lowest BCUT2D eigenvalue weighted by Gasteiger charge is -2.26. The number of nitrogens with two attached hydrogens (primary N) is 3. The first kappa shape index (κ1) is 16.7. The van der Waals surface area contributed by atoms with Crippen molar-refractivity contribution >= 4 is 11.8 Å². The van der Waals surface area contributed by atoms with Crippen LogP contribution in [0.4, 0.5) is 0 Å². The Morgan fingerprint density at radius 2 is 2.18 bits per heavy atom. The number of hydrogen-bond donors (Lipinski definition) is 4. The molecule has 0 saturated carbocycles. The molecule has 0 spiro atoms. The molecule has 0 radical (unpaired) electrons. The van der Waals surface area contributed by atoms with Crippen LogP contribution in [0.5, 0.6) is 0 Å². The number of carbonyl (C=O) groups is 2. The van der Waals surface area contributed by atoms with Crippen molar-refractivity contribution < 1.29 is 9.59 Å². The third-order valence-electron chi connectivity index (χ3n) is 2.67. The molecule has 13 heteroatoms. The van der Waals surface area contributed by atoms with Crippen LogP contribution in [0.3, 0.4) is 0 Å². The highest BCUT2D eigenvalue weighted by molar-refractivity contribution is 6.01. The Kier molecular flexibility index (Phi) is 5.68. The monoisotopic (exact) mass is 308 g/mol. The van der Waals surface area contributed by atoms with Gasteiger partial charge in [0.1, 0.15) is 11.9 Å². The Bertz CT molecular complexity index is 630. The standard InChI is InChI=1S/C9H12N10O3/c10-4(2-14-18-12)6-3(8(20)17-22)1-5(15-7(6)11)9(21)16-19-13/h1,4-5,15H,2,10-11H2,(H2,13,16,21). The Labute approximate surface area is 122 Å². The fourth-order valence-corrected chi connectivity index (χ4v) is 1.79. The number of amides is 2. The summed E-state index contributed by atoms with van der Waals surface area (Å²) in [6.07, 6.45) is 1.07. The normalized spacial score (nSPS) is 19.0. The van der Waals surface area contributed by atoms with Crippen LogP contribution >= 0.6 is 0 Å². The summed E-state index contributed by atoms with van der Waals surface area (Å²) in [5.41, 5.74) is 19.5. The lowest BCUT2D eigenvalue weighted by molar-refractivity contribution is -0.119. The lowest BCUT2D eigenvalue weighted by atomic mass is 9.93. The molecule has 0 fully saturated rings. The van der Waals surface area contributed by atoms with Gasteiger partial charge in [-0.15, -0.1) is 4.91 Å². The van der Waals surface area contributed by atoms with E-state index in [-0.39, 0.29) is 23.5 Å². The van der Waals surface area contributed by atoms with Crippen LogP contribution in [0.2, 0.25) is 0 Å². The summed E-state index contributed by atoms with van der Waals surface area (Å²) >= 11 is 0. The zero-order valence-corrected chi connectivity index (χ0v) is 11.1. The molecule has 22 heavy (non-hydrogen) atoms. The third-order valence-corrected chi connectivity index (χ3v) is 2.67. The SMILES string of the molecule is [N-]=[N+]=NCC(N)C1=C(N)NC(C(=O)N=NN)C=C1C(=O)N=O. The average molecular weight is 308 g/mol. The largest absolute Gasteiger partial charge is 0.385 e. The summed E-state index contributed by atoms with van der Waals surface area (Å²) in [4.78, 5) is 36.2. The molecule has 2 unspecified atom stereocenters. The molecule has 7 N–H and O–H groups in total. The topological polar surface area (TPSA) is 227 Å². The molecule has 13 nitrogen and oxygen atoms in total. The maximum Gasteiger partial charge on any atom is 0.317 e. The summed E-state index contributed by atoms with van der Waals surface area (Å²) in [6, 6.07) is -2.14. The molecule has 1 aliphatic rings. The van der Waals surface area contributed by atoms with E-state index in [2.05, 4.69) is 30.9 Å². The van der Waals surface area contributed by atoms with Crippen molar-refractivity contribution in [2.24, 2.45) is 37.9 Å². The molecule has 0 bridgehead atoms. The van der Waals surface area contributed by atoms with Gasteiger partial charge in [-0.25, -0.2) is 0 Å². The van der Waals surface area contributed by atoms with Crippen LogP contribution < -0.4 is 22.6 Å². The second kappa shape index (κ2) is 7.47. The van der Waals surface area contributed by atoms with Crippen molar-refractivity contribution in [2.45, 2.75) is 12.1 Å². The van der Waals surface area contributed by atoms with Crippen LogP contribution in [0.1, 0.15) is 0 Å². The molecule has 1 aliphatic heterocycles. The molecule has 1 rings (SSSR count). The Morgan fingerprint density at radius 1 is 1.50 bits per heavy atom. The number of nitrogens with one attached hydrogen (secondary N) is 1. The number of rotatable bonds is 5. The zero-order valence-electron chi connectivity index (χ0n) is 11.1. The van der Waals surface area contributed by atoms with E-state index in [9.17, 15) is 14.5 Å². The summed E-state index contributed by atoms with van der Waals surface area (Å²) in [5, 5.41) is 14.0. The summed E-state index contributed by atoms with van der Waals surface area (Å²) in [5.74, 6) is 2.59. The molecular formula is C9H12N10O3. The number of nitroso groups, excluding NO2 is 1. The minimum atomic E-state index is -1.18. The maximum atomic E-state index is 11.6.